The maximum absolute atomic E-state index is 13.0. The van der Waals surface area contributed by atoms with E-state index in [4.69, 9.17) is 0 Å². The Morgan fingerprint density at radius 1 is 1.17 bits per heavy atom. The van der Waals surface area contributed by atoms with Gasteiger partial charge in [0.25, 0.3) is 0 Å². The van der Waals surface area contributed by atoms with E-state index in [1.54, 1.807) is 0 Å². The van der Waals surface area contributed by atoms with E-state index in [9.17, 15) is 32.8 Å². The second kappa shape index (κ2) is 6.98. The molecule has 11 nitrogen and oxygen atoms in total. The smallest absolute Gasteiger partial charge is 0.416 e. The zero-order chi connectivity index (χ0) is 21.6. The van der Waals surface area contributed by atoms with Crippen molar-refractivity contribution in [3.05, 3.63) is 51.5 Å². The molecule has 30 heavy (non-hydrogen) atoms. The molecule has 2 aliphatic rings. The molecule has 1 aliphatic heterocycles. The fraction of sp³-hybridized carbons (Fsp3) is 0.312. The SMILES string of the molecule is O=C1c2ccc(C(F)(F)F)cc2C(=O)c2c1n[n+]([O-])n2/N=N/C(=O)N1CCNCC1. The molecule has 1 fully saturated rings. The Hall–Kier alpha value is -3.68. The quantitative estimate of drug-likeness (QED) is 0.345. The van der Waals surface area contributed by atoms with Gasteiger partial charge in [0.15, 0.2) is 10.9 Å². The Balaban J connectivity index is 1.73. The molecule has 0 spiro atoms. The first-order valence-corrected chi connectivity index (χ1v) is 8.63. The number of piperazine rings is 1. The van der Waals surface area contributed by atoms with Crippen molar-refractivity contribution in [2.75, 3.05) is 26.2 Å². The normalized spacial score (nSPS) is 16.7. The van der Waals surface area contributed by atoms with E-state index in [0.29, 0.717) is 38.3 Å². The summed E-state index contributed by atoms with van der Waals surface area (Å²) >= 11 is 0. The number of alkyl halides is 3. The van der Waals surface area contributed by atoms with Gasteiger partial charge in [-0.25, -0.2) is 4.79 Å². The number of benzene rings is 1. The fourth-order valence-electron chi connectivity index (χ4n) is 3.15. The second-order valence-corrected chi connectivity index (χ2v) is 6.46. The van der Waals surface area contributed by atoms with Gasteiger partial charge in [0.2, 0.25) is 17.3 Å². The zero-order valence-corrected chi connectivity index (χ0v) is 15.0. The van der Waals surface area contributed by atoms with Crippen LogP contribution in [0.2, 0.25) is 0 Å². The average Bonchev–Trinajstić information content (AvgIpc) is 3.06. The highest BCUT2D eigenvalue weighted by Gasteiger charge is 2.41. The molecule has 1 aromatic heterocycles. The minimum atomic E-state index is -4.74. The minimum Gasteiger partial charge on any atom is -0.672 e. The van der Waals surface area contributed by atoms with E-state index < -0.39 is 46.3 Å². The Bertz CT molecular complexity index is 1100. The molecule has 14 heteroatoms. The molecular weight excluding hydrogens is 411 g/mol. The lowest BCUT2D eigenvalue weighted by atomic mass is 9.89. The number of nitrogens with zero attached hydrogens (tertiary/aromatic N) is 6. The lowest BCUT2D eigenvalue weighted by Crippen LogP contribution is -2.45. The number of nitrogens with one attached hydrogen (secondary N) is 1. The third-order valence-electron chi connectivity index (χ3n) is 4.64. The van der Waals surface area contributed by atoms with Crippen molar-refractivity contribution in [2.45, 2.75) is 6.18 Å². The van der Waals surface area contributed by atoms with Crippen molar-refractivity contribution < 1.29 is 32.5 Å². The third-order valence-corrected chi connectivity index (χ3v) is 4.64. The number of carbonyl (C=O) groups is 3. The van der Waals surface area contributed by atoms with E-state index in [1.165, 1.54) is 4.90 Å². The van der Waals surface area contributed by atoms with Gasteiger partial charge >= 0.3 is 12.2 Å². The zero-order valence-electron chi connectivity index (χ0n) is 15.0. The lowest BCUT2D eigenvalue weighted by Gasteiger charge is -2.24. The Morgan fingerprint density at radius 3 is 2.53 bits per heavy atom. The van der Waals surface area contributed by atoms with Gasteiger partial charge in [-0.1, -0.05) is 5.10 Å². The second-order valence-electron chi connectivity index (χ2n) is 6.46. The highest BCUT2D eigenvalue weighted by molar-refractivity contribution is 6.26. The van der Waals surface area contributed by atoms with Crippen molar-refractivity contribution in [3.8, 4) is 0 Å². The molecule has 2 heterocycles. The number of halogens is 3. The van der Waals surface area contributed by atoms with Crippen LogP contribution in [0.1, 0.15) is 37.7 Å². The summed E-state index contributed by atoms with van der Waals surface area (Å²) in [5.41, 5.74) is -3.26. The molecular formula is C16H12F3N7O4. The van der Waals surface area contributed by atoms with Crippen LogP contribution in [-0.4, -0.2) is 58.6 Å². The molecule has 0 atom stereocenters. The van der Waals surface area contributed by atoms with Crippen molar-refractivity contribution in [1.29, 1.82) is 0 Å². The third kappa shape index (κ3) is 3.20. The van der Waals surface area contributed by atoms with Gasteiger partial charge in [-0.3, -0.25) is 9.59 Å². The largest absolute Gasteiger partial charge is 0.672 e. The first-order chi connectivity index (χ1) is 14.2. The number of urea groups is 1. The molecule has 1 N–H and O–H groups in total. The van der Waals surface area contributed by atoms with Crippen LogP contribution in [-0.2, 0) is 6.18 Å². The molecule has 2 aromatic rings. The predicted octanol–water partition coefficient (Wildman–Crippen LogP) is 0.551. The summed E-state index contributed by atoms with van der Waals surface area (Å²) in [6.07, 6.45) is -4.74. The van der Waals surface area contributed by atoms with Gasteiger partial charge in [0.05, 0.1) is 10.7 Å². The van der Waals surface area contributed by atoms with Crippen LogP contribution in [0.4, 0.5) is 18.0 Å². The van der Waals surface area contributed by atoms with Crippen molar-refractivity contribution in [3.63, 3.8) is 0 Å². The standard InChI is InChI=1S/C16H12F3N7O4/c17-16(18,19)8-1-2-9-10(7-8)14(28)12-11(13(9)27)22-26(30)25(12)23-21-15(29)24-5-3-20-4-6-24/h1-2,7,20H,3-6H2/b23-21+. The van der Waals surface area contributed by atoms with E-state index in [-0.39, 0.29) is 15.3 Å². The van der Waals surface area contributed by atoms with Crippen LogP contribution >= 0.6 is 0 Å². The van der Waals surface area contributed by atoms with Gasteiger partial charge in [-0.15, -0.1) is 0 Å². The Kier molecular flexibility index (Phi) is 4.57. The van der Waals surface area contributed by atoms with Crippen LogP contribution in [0.5, 0.6) is 0 Å². The van der Waals surface area contributed by atoms with Crippen LogP contribution in [0.25, 0.3) is 0 Å². The van der Waals surface area contributed by atoms with Crippen molar-refractivity contribution >= 4 is 17.6 Å². The fourth-order valence-corrected chi connectivity index (χ4v) is 3.15. The maximum Gasteiger partial charge on any atom is 0.416 e. The molecule has 2 amide bonds. The summed E-state index contributed by atoms with van der Waals surface area (Å²) in [5, 5.41) is 25.3. The number of aromatic nitrogens is 3. The summed E-state index contributed by atoms with van der Waals surface area (Å²) < 4.78 is 39.0. The topological polar surface area (TPSA) is 136 Å². The molecule has 156 valence electrons. The van der Waals surface area contributed by atoms with E-state index in [1.807, 2.05) is 0 Å². The number of hydrogen-bond donors (Lipinski definition) is 1. The van der Waals surface area contributed by atoms with Gasteiger partial charge in [0, 0.05) is 42.1 Å². The Labute approximate surface area is 165 Å². The number of hydrogen-bond acceptors (Lipinski definition) is 7. The predicted molar refractivity (Wildman–Crippen MR) is 89.6 cm³/mol. The van der Waals surface area contributed by atoms with Crippen molar-refractivity contribution in [1.82, 2.24) is 20.1 Å². The van der Waals surface area contributed by atoms with Crippen LogP contribution in [0.15, 0.2) is 28.5 Å². The number of amides is 2. The molecule has 4 rings (SSSR count). The summed E-state index contributed by atoms with van der Waals surface area (Å²) in [6.45, 7) is 1.77. The number of carbonyl (C=O) groups excluding carboxylic acids is 3. The van der Waals surface area contributed by atoms with Crippen LogP contribution < -0.4 is 10.3 Å². The molecule has 0 unspecified atom stereocenters. The van der Waals surface area contributed by atoms with E-state index in [2.05, 4.69) is 20.8 Å². The van der Waals surface area contributed by atoms with Gasteiger partial charge < -0.3 is 15.4 Å². The highest BCUT2D eigenvalue weighted by Crippen LogP contribution is 2.33. The van der Waals surface area contributed by atoms with Gasteiger partial charge in [0.1, 0.15) is 0 Å². The number of fused-ring (bicyclic) bond motifs is 2. The minimum absolute atomic E-state index is 0.231. The maximum atomic E-state index is 13.0. The van der Waals surface area contributed by atoms with Crippen molar-refractivity contribution in [2.24, 2.45) is 10.3 Å². The monoisotopic (exact) mass is 423 g/mol. The van der Waals surface area contributed by atoms with Crippen LogP contribution in [0.3, 0.4) is 0 Å². The average molecular weight is 423 g/mol. The summed E-state index contributed by atoms with van der Waals surface area (Å²) in [5.74, 6) is -1.98. The molecule has 1 aliphatic carbocycles. The molecule has 0 radical (unpaired) electrons. The first kappa shape index (κ1) is 19.6. The number of rotatable bonds is 1. The van der Waals surface area contributed by atoms with Crippen LogP contribution in [0, 0.1) is 5.21 Å². The van der Waals surface area contributed by atoms with E-state index >= 15 is 0 Å². The molecule has 1 saturated heterocycles. The lowest BCUT2D eigenvalue weighted by molar-refractivity contribution is -0.748. The van der Waals surface area contributed by atoms with Gasteiger partial charge in [-0.2, -0.15) is 13.2 Å². The molecule has 1 aromatic carbocycles. The van der Waals surface area contributed by atoms with Gasteiger partial charge in [-0.05, 0) is 23.2 Å². The molecule has 0 bridgehead atoms. The Morgan fingerprint density at radius 2 is 1.87 bits per heavy atom. The number of ketones is 2. The summed E-state index contributed by atoms with van der Waals surface area (Å²) in [6, 6.07) is 1.25. The molecule has 0 saturated carbocycles. The first-order valence-electron chi connectivity index (χ1n) is 8.63. The summed E-state index contributed by atoms with van der Waals surface area (Å²) in [4.78, 5) is 38.8. The highest BCUT2D eigenvalue weighted by atomic mass is 19.4. The summed E-state index contributed by atoms with van der Waals surface area (Å²) in [7, 11) is 0. The van der Waals surface area contributed by atoms with E-state index in [0.717, 1.165) is 6.07 Å².